The van der Waals surface area contributed by atoms with Crippen LogP contribution in [0.5, 0.6) is 0 Å². The molecule has 0 aromatic carbocycles. The van der Waals surface area contributed by atoms with Gasteiger partial charge >= 0.3 is 5.97 Å². The molecule has 0 aliphatic rings. The van der Waals surface area contributed by atoms with Crippen LogP contribution in [0.2, 0.25) is 5.15 Å². The van der Waals surface area contributed by atoms with E-state index in [1.54, 1.807) is 0 Å². The molecule has 104 valence electrons. The molecule has 20 heavy (non-hydrogen) atoms. The standard InChI is InChI=1S/C12H11ClN4O3/c13-10-2-1-7(4-15-10)11(18)17-9(12(19)20)3-8-5-14-6-16-8/h1-2,4-6,9H,3H2,(H,14,16)(H,17,18)(H,19,20)/t9-/m1/s1. The molecule has 2 aromatic heterocycles. The van der Waals surface area contributed by atoms with Gasteiger partial charge in [-0.2, -0.15) is 0 Å². The van der Waals surface area contributed by atoms with Crippen LogP contribution in [0.1, 0.15) is 16.1 Å². The highest BCUT2D eigenvalue weighted by atomic mass is 35.5. The van der Waals surface area contributed by atoms with E-state index in [1.165, 1.54) is 30.9 Å². The van der Waals surface area contributed by atoms with Crippen LogP contribution in [0.25, 0.3) is 0 Å². The van der Waals surface area contributed by atoms with Gasteiger partial charge in [0.15, 0.2) is 0 Å². The Morgan fingerprint density at radius 2 is 2.20 bits per heavy atom. The van der Waals surface area contributed by atoms with Crippen molar-refractivity contribution in [1.29, 1.82) is 0 Å². The average Bonchev–Trinajstić information content (AvgIpc) is 2.91. The van der Waals surface area contributed by atoms with Crippen molar-refractivity contribution in [3.05, 3.63) is 47.3 Å². The number of aliphatic carboxylic acids is 1. The van der Waals surface area contributed by atoms with Crippen LogP contribution in [-0.2, 0) is 11.2 Å². The summed E-state index contributed by atoms with van der Waals surface area (Å²) in [5.41, 5.74) is 0.859. The van der Waals surface area contributed by atoms with E-state index in [4.69, 9.17) is 16.7 Å². The van der Waals surface area contributed by atoms with E-state index in [0.717, 1.165) is 0 Å². The van der Waals surface area contributed by atoms with E-state index in [2.05, 4.69) is 20.3 Å². The van der Waals surface area contributed by atoms with Gasteiger partial charge in [-0.15, -0.1) is 0 Å². The van der Waals surface area contributed by atoms with Crippen LogP contribution in [0.4, 0.5) is 0 Å². The number of nitrogens with zero attached hydrogens (tertiary/aromatic N) is 2. The lowest BCUT2D eigenvalue weighted by molar-refractivity contribution is -0.139. The molecule has 0 radical (unpaired) electrons. The van der Waals surface area contributed by atoms with Gasteiger partial charge in [0.1, 0.15) is 11.2 Å². The Hall–Kier alpha value is -2.41. The number of imidazole rings is 1. The number of carbonyl (C=O) groups excluding carboxylic acids is 1. The minimum atomic E-state index is -1.13. The van der Waals surface area contributed by atoms with Gasteiger partial charge in [0.2, 0.25) is 0 Å². The monoisotopic (exact) mass is 294 g/mol. The van der Waals surface area contributed by atoms with Gasteiger partial charge in [-0.3, -0.25) is 4.79 Å². The summed E-state index contributed by atoms with van der Waals surface area (Å²) < 4.78 is 0. The van der Waals surface area contributed by atoms with Crippen molar-refractivity contribution in [2.24, 2.45) is 0 Å². The number of carboxylic acid groups (broad SMARTS) is 1. The van der Waals surface area contributed by atoms with E-state index in [-0.39, 0.29) is 17.1 Å². The second kappa shape index (κ2) is 6.16. The first kappa shape index (κ1) is 14.0. The molecule has 1 amide bonds. The maximum atomic E-state index is 11.9. The smallest absolute Gasteiger partial charge is 0.326 e. The zero-order chi connectivity index (χ0) is 14.5. The fraction of sp³-hybridized carbons (Fsp3) is 0.167. The first-order chi connectivity index (χ1) is 9.56. The number of halogens is 1. The molecule has 0 bridgehead atoms. The van der Waals surface area contributed by atoms with Gasteiger partial charge in [-0.25, -0.2) is 14.8 Å². The van der Waals surface area contributed by atoms with Gasteiger partial charge < -0.3 is 15.4 Å². The summed E-state index contributed by atoms with van der Waals surface area (Å²) in [6.45, 7) is 0. The summed E-state index contributed by atoms with van der Waals surface area (Å²) in [6.07, 6.45) is 4.35. The Morgan fingerprint density at radius 1 is 1.40 bits per heavy atom. The molecular weight excluding hydrogens is 284 g/mol. The number of hydrogen-bond acceptors (Lipinski definition) is 4. The number of amides is 1. The number of carboxylic acids is 1. The Bertz CT molecular complexity index is 598. The fourth-order valence-electron chi connectivity index (χ4n) is 1.57. The topological polar surface area (TPSA) is 108 Å². The molecule has 2 rings (SSSR count). The summed E-state index contributed by atoms with van der Waals surface area (Å²) >= 11 is 5.62. The molecule has 7 nitrogen and oxygen atoms in total. The van der Waals surface area contributed by atoms with Crippen molar-refractivity contribution in [3.8, 4) is 0 Å². The molecule has 2 aromatic rings. The number of nitrogens with one attached hydrogen (secondary N) is 2. The molecule has 0 saturated carbocycles. The zero-order valence-corrected chi connectivity index (χ0v) is 11.0. The lowest BCUT2D eigenvalue weighted by Gasteiger charge is -2.13. The summed E-state index contributed by atoms with van der Waals surface area (Å²) in [4.78, 5) is 33.4. The van der Waals surface area contributed by atoms with Crippen molar-refractivity contribution >= 4 is 23.5 Å². The molecule has 8 heteroatoms. The number of aromatic nitrogens is 3. The Labute approximate surface area is 119 Å². The summed E-state index contributed by atoms with van der Waals surface area (Å²) in [5, 5.41) is 11.8. The molecule has 0 spiro atoms. The Kier molecular flexibility index (Phi) is 4.31. The van der Waals surface area contributed by atoms with Gasteiger partial charge in [-0.05, 0) is 12.1 Å². The summed E-state index contributed by atoms with van der Waals surface area (Å²) in [6, 6.07) is 1.87. The first-order valence-electron chi connectivity index (χ1n) is 5.68. The maximum absolute atomic E-state index is 11.9. The van der Waals surface area contributed by atoms with Crippen LogP contribution in [0.3, 0.4) is 0 Å². The van der Waals surface area contributed by atoms with Gasteiger partial charge in [0.05, 0.1) is 11.9 Å². The maximum Gasteiger partial charge on any atom is 0.326 e. The number of aromatic amines is 1. The second-order valence-electron chi connectivity index (χ2n) is 4.01. The van der Waals surface area contributed by atoms with Crippen molar-refractivity contribution in [2.75, 3.05) is 0 Å². The summed E-state index contributed by atoms with van der Waals surface area (Å²) in [5.74, 6) is -1.66. The van der Waals surface area contributed by atoms with Crippen molar-refractivity contribution < 1.29 is 14.7 Å². The number of pyridine rings is 1. The van der Waals surface area contributed by atoms with Gasteiger partial charge in [0, 0.05) is 24.5 Å². The normalized spacial score (nSPS) is 11.8. The molecule has 0 unspecified atom stereocenters. The van der Waals surface area contributed by atoms with Crippen LogP contribution in [0.15, 0.2) is 30.9 Å². The van der Waals surface area contributed by atoms with Crippen molar-refractivity contribution in [3.63, 3.8) is 0 Å². The second-order valence-corrected chi connectivity index (χ2v) is 4.40. The number of carbonyl (C=O) groups is 2. The summed E-state index contributed by atoms with van der Waals surface area (Å²) in [7, 11) is 0. The van der Waals surface area contributed by atoms with Crippen molar-refractivity contribution in [1.82, 2.24) is 20.3 Å². The van der Waals surface area contributed by atoms with E-state index in [0.29, 0.717) is 5.69 Å². The highest BCUT2D eigenvalue weighted by molar-refractivity contribution is 6.29. The molecular formula is C12H11ClN4O3. The molecule has 1 atom stereocenters. The quantitative estimate of drug-likeness (QED) is 0.710. The SMILES string of the molecule is O=C(N[C@H](Cc1cnc[nH]1)C(=O)O)c1ccc(Cl)nc1. The molecule has 3 N–H and O–H groups in total. The predicted molar refractivity (Wildman–Crippen MR) is 70.4 cm³/mol. The number of hydrogen-bond donors (Lipinski definition) is 3. The zero-order valence-electron chi connectivity index (χ0n) is 10.2. The van der Waals surface area contributed by atoms with Crippen LogP contribution in [0, 0.1) is 0 Å². The third-order valence-corrected chi connectivity index (χ3v) is 2.80. The van der Waals surface area contributed by atoms with Crippen LogP contribution in [-0.4, -0.2) is 38.0 Å². The lowest BCUT2D eigenvalue weighted by Crippen LogP contribution is -2.42. The largest absolute Gasteiger partial charge is 0.480 e. The molecule has 0 aliphatic carbocycles. The average molecular weight is 295 g/mol. The minimum Gasteiger partial charge on any atom is -0.480 e. The third kappa shape index (κ3) is 3.55. The van der Waals surface area contributed by atoms with Crippen LogP contribution >= 0.6 is 11.6 Å². The van der Waals surface area contributed by atoms with E-state index in [9.17, 15) is 9.59 Å². The fourth-order valence-corrected chi connectivity index (χ4v) is 1.68. The van der Waals surface area contributed by atoms with E-state index < -0.39 is 17.9 Å². The first-order valence-corrected chi connectivity index (χ1v) is 6.06. The Morgan fingerprint density at radius 3 is 2.75 bits per heavy atom. The molecule has 0 fully saturated rings. The number of H-pyrrole nitrogens is 1. The van der Waals surface area contributed by atoms with Gasteiger partial charge in [0.25, 0.3) is 5.91 Å². The third-order valence-electron chi connectivity index (χ3n) is 2.57. The molecule has 0 saturated heterocycles. The van der Waals surface area contributed by atoms with Crippen LogP contribution < -0.4 is 5.32 Å². The predicted octanol–water partition coefficient (Wildman–Crippen LogP) is 0.884. The van der Waals surface area contributed by atoms with E-state index >= 15 is 0 Å². The minimum absolute atomic E-state index is 0.113. The lowest BCUT2D eigenvalue weighted by atomic mass is 10.1. The highest BCUT2D eigenvalue weighted by Crippen LogP contribution is 2.06. The Balaban J connectivity index is 2.06. The van der Waals surface area contributed by atoms with Crippen molar-refractivity contribution in [2.45, 2.75) is 12.5 Å². The molecule has 2 heterocycles. The van der Waals surface area contributed by atoms with Gasteiger partial charge in [-0.1, -0.05) is 11.6 Å². The molecule has 0 aliphatic heterocycles. The number of rotatable bonds is 5. The highest BCUT2D eigenvalue weighted by Gasteiger charge is 2.21. The van der Waals surface area contributed by atoms with E-state index in [1.807, 2.05) is 0 Å².